The van der Waals surface area contributed by atoms with Crippen molar-refractivity contribution in [3.8, 4) is 0 Å². The molecular weight excluding hydrogens is 310 g/mol. The van der Waals surface area contributed by atoms with Gasteiger partial charge in [0.05, 0.1) is 4.90 Å². The Labute approximate surface area is 127 Å². The first-order valence-corrected chi connectivity index (χ1v) is 7.83. The average molecular weight is 325 g/mol. The number of sulfonamides is 1. The maximum Gasteiger partial charge on any atom is 0.340 e. The van der Waals surface area contributed by atoms with Gasteiger partial charge in [-0.3, -0.25) is 10.1 Å². The highest BCUT2D eigenvalue weighted by Gasteiger charge is 2.50. The molecule has 1 heterocycles. The van der Waals surface area contributed by atoms with Crippen LogP contribution in [-0.4, -0.2) is 36.8 Å². The first kappa shape index (κ1) is 16.0. The van der Waals surface area contributed by atoms with Crippen LogP contribution in [0.3, 0.4) is 0 Å². The second-order valence-corrected chi connectivity index (χ2v) is 7.06. The van der Waals surface area contributed by atoms with Crippen LogP contribution in [0.5, 0.6) is 0 Å². The summed E-state index contributed by atoms with van der Waals surface area (Å²) in [5, 5.41) is 1.96. The van der Waals surface area contributed by atoms with Crippen LogP contribution in [0.4, 0.5) is 9.59 Å². The van der Waals surface area contributed by atoms with Crippen molar-refractivity contribution >= 4 is 28.0 Å². The molecule has 22 heavy (non-hydrogen) atoms. The quantitative estimate of drug-likeness (QED) is 0.778. The SMILES string of the molecule is Cc1ccc(S(=O)(=O)NC(=O)N2C(=O)NC(=O)C2(C)C)cc1. The van der Waals surface area contributed by atoms with Crippen LogP contribution in [0, 0.1) is 6.92 Å². The van der Waals surface area contributed by atoms with Crippen molar-refractivity contribution in [2.75, 3.05) is 0 Å². The highest BCUT2D eigenvalue weighted by Crippen LogP contribution is 2.21. The molecule has 0 aromatic heterocycles. The molecular formula is C13H15N3O5S. The fourth-order valence-corrected chi connectivity index (χ4v) is 2.88. The molecule has 0 aliphatic carbocycles. The van der Waals surface area contributed by atoms with Gasteiger partial charge < -0.3 is 0 Å². The van der Waals surface area contributed by atoms with Crippen molar-refractivity contribution in [1.82, 2.24) is 14.9 Å². The molecule has 0 spiro atoms. The van der Waals surface area contributed by atoms with Gasteiger partial charge in [-0.15, -0.1) is 0 Å². The first-order chi connectivity index (χ1) is 10.1. The second kappa shape index (κ2) is 5.09. The fourth-order valence-electron chi connectivity index (χ4n) is 1.94. The Morgan fingerprint density at radius 3 is 2.18 bits per heavy atom. The lowest BCUT2D eigenvalue weighted by molar-refractivity contribution is -0.124. The lowest BCUT2D eigenvalue weighted by atomic mass is 10.1. The van der Waals surface area contributed by atoms with E-state index in [0.29, 0.717) is 4.90 Å². The maximum absolute atomic E-state index is 12.1. The number of rotatable bonds is 2. The van der Waals surface area contributed by atoms with Crippen LogP contribution in [-0.2, 0) is 14.8 Å². The van der Waals surface area contributed by atoms with Gasteiger partial charge in [-0.05, 0) is 32.9 Å². The number of imide groups is 2. The molecule has 1 aromatic carbocycles. The predicted octanol–water partition coefficient (Wildman–Crippen LogP) is 0.724. The van der Waals surface area contributed by atoms with Gasteiger partial charge in [0.15, 0.2) is 0 Å². The molecule has 0 saturated carbocycles. The Morgan fingerprint density at radius 2 is 1.73 bits per heavy atom. The fraction of sp³-hybridized carbons (Fsp3) is 0.308. The lowest BCUT2D eigenvalue weighted by Gasteiger charge is -2.25. The molecule has 8 nitrogen and oxygen atoms in total. The van der Waals surface area contributed by atoms with Gasteiger partial charge in [0.25, 0.3) is 15.9 Å². The average Bonchev–Trinajstić information content (AvgIpc) is 2.57. The van der Waals surface area contributed by atoms with E-state index in [4.69, 9.17) is 0 Å². The van der Waals surface area contributed by atoms with Crippen LogP contribution < -0.4 is 10.0 Å². The van der Waals surface area contributed by atoms with E-state index in [1.165, 1.54) is 26.0 Å². The van der Waals surface area contributed by atoms with Crippen molar-refractivity contribution in [3.05, 3.63) is 29.8 Å². The molecule has 0 atom stereocenters. The van der Waals surface area contributed by atoms with Crippen LogP contribution in [0.15, 0.2) is 29.2 Å². The van der Waals surface area contributed by atoms with Gasteiger partial charge in [0.2, 0.25) is 0 Å². The van der Waals surface area contributed by atoms with Crippen molar-refractivity contribution in [2.24, 2.45) is 0 Å². The van der Waals surface area contributed by atoms with Crippen molar-refractivity contribution in [1.29, 1.82) is 0 Å². The van der Waals surface area contributed by atoms with Crippen LogP contribution in [0.25, 0.3) is 0 Å². The number of hydrogen-bond donors (Lipinski definition) is 2. The molecule has 1 saturated heterocycles. The molecule has 1 aliphatic heterocycles. The molecule has 0 radical (unpaired) electrons. The number of benzene rings is 1. The molecule has 2 rings (SSSR count). The minimum absolute atomic E-state index is 0.116. The standard InChI is InChI=1S/C13H15N3O5S/c1-8-4-6-9(7-5-8)22(20,21)15-12(19)16-11(18)14-10(17)13(16,2)3/h4-7H,1-3H3,(H,15,19)(H,14,17,18). The van der Waals surface area contributed by atoms with Crippen molar-refractivity contribution in [2.45, 2.75) is 31.2 Å². The van der Waals surface area contributed by atoms with Gasteiger partial charge in [-0.25, -0.2) is 27.6 Å². The zero-order valence-corrected chi connectivity index (χ0v) is 13.0. The summed E-state index contributed by atoms with van der Waals surface area (Å²) in [6.07, 6.45) is 0. The zero-order chi connectivity index (χ0) is 16.7. The number of carbonyl (C=O) groups excluding carboxylic acids is 3. The summed E-state index contributed by atoms with van der Waals surface area (Å²) < 4.78 is 26.1. The number of aryl methyl sites for hydroxylation is 1. The lowest BCUT2D eigenvalue weighted by Crippen LogP contribution is -2.53. The largest absolute Gasteiger partial charge is 0.340 e. The second-order valence-electron chi connectivity index (χ2n) is 5.38. The Bertz CT molecular complexity index is 752. The Balaban J connectivity index is 2.27. The summed E-state index contributed by atoms with van der Waals surface area (Å²) in [4.78, 5) is 35.8. The number of nitrogens with one attached hydrogen (secondary N) is 2. The molecule has 1 fully saturated rings. The third-order valence-corrected chi connectivity index (χ3v) is 4.63. The highest BCUT2D eigenvalue weighted by atomic mass is 32.2. The normalized spacial score (nSPS) is 17.3. The van der Waals surface area contributed by atoms with Gasteiger partial charge >= 0.3 is 12.1 Å². The molecule has 1 aliphatic rings. The van der Waals surface area contributed by atoms with Crippen LogP contribution >= 0.6 is 0 Å². The summed E-state index contributed by atoms with van der Waals surface area (Å²) in [6, 6.07) is 3.68. The monoisotopic (exact) mass is 325 g/mol. The van der Waals surface area contributed by atoms with E-state index in [0.717, 1.165) is 5.56 Å². The summed E-state index contributed by atoms with van der Waals surface area (Å²) in [5.74, 6) is -0.680. The molecule has 9 heteroatoms. The van der Waals surface area contributed by atoms with E-state index in [9.17, 15) is 22.8 Å². The molecule has 0 unspecified atom stereocenters. The Morgan fingerprint density at radius 1 is 1.18 bits per heavy atom. The Hall–Kier alpha value is -2.42. The molecule has 118 valence electrons. The molecule has 5 amide bonds. The van der Waals surface area contributed by atoms with Gasteiger partial charge in [0.1, 0.15) is 5.54 Å². The van der Waals surface area contributed by atoms with Gasteiger partial charge in [-0.1, -0.05) is 17.7 Å². The van der Waals surface area contributed by atoms with Crippen molar-refractivity contribution in [3.63, 3.8) is 0 Å². The number of urea groups is 2. The smallest absolute Gasteiger partial charge is 0.275 e. The summed E-state index contributed by atoms with van der Waals surface area (Å²) >= 11 is 0. The number of amides is 5. The molecule has 2 N–H and O–H groups in total. The Kier molecular flexibility index (Phi) is 3.69. The van der Waals surface area contributed by atoms with Gasteiger partial charge in [-0.2, -0.15) is 0 Å². The van der Waals surface area contributed by atoms with E-state index in [-0.39, 0.29) is 4.90 Å². The number of carbonyl (C=O) groups is 3. The zero-order valence-electron chi connectivity index (χ0n) is 12.2. The van der Waals surface area contributed by atoms with Crippen molar-refractivity contribution < 1.29 is 22.8 Å². The predicted molar refractivity (Wildman–Crippen MR) is 76.4 cm³/mol. The van der Waals surface area contributed by atoms with E-state index >= 15 is 0 Å². The minimum atomic E-state index is -4.14. The van der Waals surface area contributed by atoms with E-state index in [1.807, 2.05) is 5.32 Å². The first-order valence-electron chi connectivity index (χ1n) is 6.35. The van der Waals surface area contributed by atoms with E-state index < -0.39 is 33.5 Å². The van der Waals surface area contributed by atoms with Gasteiger partial charge in [0, 0.05) is 0 Å². The summed E-state index contributed by atoms with van der Waals surface area (Å²) in [6.45, 7) is 4.47. The van der Waals surface area contributed by atoms with Crippen LogP contribution in [0.1, 0.15) is 19.4 Å². The topological polar surface area (TPSA) is 113 Å². The minimum Gasteiger partial charge on any atom is -0.275 e. The summed E-state index contributed by atoms with van der Waals surface area (Å²) in [7, 11) is -4.14. The number of nitrogens with zero attached hydrogens (tertiary/aromatic N) is 1. The molecule has 0 bridgehead atoms. The third kappa shape index (κ3) is 2.67. The molecule has 1 aromatic rings. The van der Waals surface area contributed by atoms with E-state index in [2.05, 4.69) is 0 Å². The summed E-state index contributed by atoms with van der Waals surface area (Å²) in [5.41, 5.74) is -0.611. The third-order valence-electron chi connectivity index (χ3n) is 3.29. The maximum atomic E-state index is 12.1. The highest BCUT2D eigenvalue weighted by molar-refractivity contribution is 7.90. The van der Waals surface area contributed by atoms with E-state index in [1.54, 1.807) is 23.8 Å². The van der Waals surface area contributed by atoms with Crippen LogP contribution in [0.2, 0.25) is 0 Å². The number of hydrogen-bond acceptors (Lipinski definition) is 5.